The fraction of sp³-hybridized carbons (Fsp3) is 0.833. The van der Waals surface area contributed by atoms with E-state index in [1.807, 2.05) is 7.05 Å². The van der Waals surface area contributed by atoms with Crippen LogP contribution >= 0.6 is 0 Å². The molecule has 2 N–H and O–H groups in total. The van der Waals surface area contributed by atoms with Crippen molar-refractivity contribution < 1.29 is 0 Å². The highest BCUT2D eigenvalue weighted by molar-refractivity contribution is 5.79. The molecule has 0 bridgehead atoms. The molecule has 2 rings (SSSR count). The van der Waals surface area contributed by atoms with Crippen LogP contribution in [0, 0.1) is 0 Å². The second-order valence-corrected chi connectivity index (χ2v) is 6.91. The fourth-order valence-corrected chi connectivity index (χ4v) is 3.42. The van der Waals surface area contributed by atoms with Gasteiger partial charge in [-0.2, -0.15) is 0 Å². The van der Waals surface area contributed by atoms with Crippen molar-refractivity contribution in [1.29, 1.82) is 0 Å². The second kappa shape index (κ2) is 9.19. The zero-order valence-electron chi connectivity index (χ0n) is 14.7. The lowest BCUT2D eigenvalue weighted by Crippen LogP contribution is -2.50. The summed E-state index contributed by atoms with van der Waals surface area (Å²) in [6, 6.07) is 1.23. The topological polar surface area (TPSA) is 39.7 Å². The Labute approximate surface area is 136 Å². The van der Waals surface area contributed by atoms with Crippen molar-refractivity contribution in [2.24, 2.45) is 4.99 Å². The molecular weight excluding hydrogens is 272 g/mol. The van der Waals surface area contributed by atoms with Gasteiger partial charge in [0.1, 0.15) is 0 Å². The standard InChI is InChI=1S/C18H34N4/c1-15(2)22-13-10-17(11-14-22)21-18(19-3)20-12-9-16-7-5-4-6-8-16/h7,15,17H,4-6,8-14H2,1-3H3,(H2,19,20,21). The van der Waals surface area contributed by atoms with Gasteiger partial charge in [0.2, 0.25) is 0 Å². The van der Waals surface area contributed by atoms with Gasteiger partial charge in [0.15, 0.2) is 5.96 Å². The summed E-state index contributed by atoms with van der Waals surface area (Å²) in [5.74, 6) is 0.972. The molecule has 4 nitrogen and oxygen atoms in total. The van der Waals surface area contributed by atoms with Crippen LogP contribution in [0.1, 0.15) is 58.8 Å². The molecule has 1 saturated heterocycles. The van der Waals surface area contributed by atoms with Gasteiger partial charge in [-0.05, 0) is 58.8 Å². The van der Waals surface area contributed by atoms with E-state index in [0.717, 1.165) is 18.9 Å². The van der Waals surface area contributed by atoms with Crippen LogP contribution in [0.15, 0.2) is 16.6 Å². The summed E-state index contributed by atoms with van der Waals surface area (Å²) in [5, 5.41) is 7.08. The van der Waals surface area contributed by atoms with Gasteiger partial charge in [0.05, 0.1) is 0 Å². The molecule has 0 atom stereocenters. The highest BCUT2D eigenvalue weighted by Gasteiger charge is 2.21. The predicted octanol–water partition coefficient (Wildman–Crippen LogP) is 2.91. The molecule has 0 saturated carbocycles. The van der Waals surface area contributed by atoms with Crippen LogP contribution < -0.4 is 10.6 Å². The molecule has 1 aliphatic carbocycles. The van der Waals surface area contributed by atoms with E-state index in [1.54, 1.807) is 5.57 Å². The van der Waals surface area contributed by atoms with Crippen LogP contribution in [-0.4, -0.2) is 49.6 Å². The van der Waals surface area contributed by atoms with Crippen molar-refractivity contribution >= 4 is 5.96 Å². The van der Waals surface area contributed by atoms with Gasteiger partial charge in [-0.15, -0.1) is 0 Å². The number of guanidine groups is 1. The number of allylic oxidation sites excluding steroid dienone is 1. The highest BCUT2D eigenvalue weighted by atomic mass is 15.2. The van der Waals surface area contributed by atoms with Gasteiger partial charge in [0.25, 0.3) is 0 Å². The Morgan fingerprint density at radius 1 is 1.32 bits per heavy atom. The summed E-state index contributed by atoms with van der Waals surface area (Å²) in [4.78, 5) is 6.94. The van der Waals surface area contributed by atoms with Crippen molar-refractivity contribution in [3.8, 4) is 0 Å². The maximum atomic E-state index is 4.38. The first-order valence-corrected chi connectivity index (χ1v) is 9.08. The molecular formula is C18H34N4. The van der Waals surface area contributed by atoms with Crippen LogP contribution in [0.2, 0.25) is 0 Å². The molecule has 4 heteroatoms. The molecule has 2 aliphatic rings. The van der Waals surface area contributed by atoms with Gasteiger partial charge in [-0.3, -0.25) is 4.99 Å². The van der Waals surface area contributed by atoms with E-state index in [4.69, 9.17) is 0 Å². The number of hydrogen-bond acceptors (Lipinski definition) is 2. The molecule has 0 aromatic heterocycles. The van der Waals surface area contributed by atoms with E-state index in [-0.39, 0.29) is 0 Å². The normalized spacial score (nSPS) is 21.8. The third-order valence-corrected chi connectivity index (χ3v) is 4.95. The Balaban J connectivity index is 1.66. The largest absolute Gasteiger partial charge is 0.356 e. The van der Waals surface area contributed by atoms with Crippen LogP contribution in [0.3, 0.4) is 0 Å². The monoisotopic (exact) mass is 306 g/mol. The van der Waals surface area contributed by atoms with Crippen LogP contribution in [0.4, 0.5) is 0 Å². The van der Waals surface area contributed by atoms with Gasteiger partial charge in [0, 0.05) is 38.8 Å². The van der Waals surface area contributed by atoms with Crippen molar-refractivity contribution in [3.63, 3.8) is 0 Å². The number of likely N-dealkylation sites (tertiary alicyclic amines) is 1. The second-order valence-electron chi connectivity index (χ2n) is 6.91. The number of hydrogen-bond donors (Lipinski definition) is 2. The average Bonchev–Trinajstić information content (AvgIpc) is 2.55. The van der Waals surface area contributed by atoms with Crippen LogP contribution in [0.5, 0.6) is 0 Å². The molecule has 0 unspecified atom stereocenters. The summed E-state index contributed by atoms with van der Waals surface area (Å²) < 4.78 is 0. The summed E-state index contributed by atoms with van der Waals surface area (Å²) >= 11 is 0. The first kappa shape index (κ1) is 17.3. The van der Waals surface area contributed by atoms with Crippen LogP contribution in [-0.2, 0) is 0 Å². The maximum absolute atomic E-state index is 4.38. The fourth-order valence-electron chi connectivity index (χ4n) is 3.42. The number of rotatable bonds is 5. The predicted molar refractivity (Wildman–Crippen MR) is 95.4 cm³/mol. The van der Waals surface area contributed by atoms with Crippen molar-refractivity contribution in [2.45, 2.75) is 70.9 Å². The Morgan fingerprint density at radius 2 is 2.09 bits per heavy atom. The van der Waals surface area contributed by atoms with E-state index < -0.39 is 0 Å². The number of nitrogens with zero attached hydrogens (tertiary/aromatic N) is 2. The average molecular weight is 306 g/mol. The molecule has 1 aliphatic heterocycles. The molecule has 0 amide bonds. The van der Waals surface area contributed by atoms with Crippen LogP contribution in [0.25, 0.3) is 0 Å². The zero-order chi connectivity index (χ0) is 15.8. The minimum absolute atomic E-state index is 0.565. The molecule has 0 aromatic carbocycles. The Kier molecular flexibility index (Phi) is 7.23. The Morgan fingerprint density at radius 3 is 2.68 bits per heavy atom. The molecule has 22 heavy (non-hydrogen) atoms. The maximum Gasteiger partial charge on any atom is 0.191 e. The smallest absolute Gasteiger partial charge is 0.191 e. The van der Waals surface area contributed by atoms with E-state index in [2.05, 4.69) is 40.4 Å². The SMILES string of the molecule is CN=C(NCCC1=CCCCC1)NC1CCN(C(C)C)CC1. The first-order chi connectivity index (χ1) is 10.7. The quantitative estimate of drug-likeness (QED) is 0.466. The lowest BCUT2D eigenvalue weighted by molar-refractivity contribution is 0.167. The van der Waals surface area contributed by atoms with Crippen molar-refractivity contribution in [2.75, 3.05) is 26.7 Å². The summed E-state index contributed by atoms with van der Waals surface area (Å²) in [5.41, 5.74) is 1.62. The Bertz CT molecular complexity index is 379. The molecule has 0 spiro atoms. The van der Waals surface area contributed by atoms with E-state index in [9.17, 15) is 0 Å². The van der Waals surface area contributed by atoms with E-state index in [1.165, 1.54) is 51.6 Å². The van der Waals surface area contributed by atoms with Gasteiger partial charge < -0.3 is 15.5 Å². The minimum atomic E-state index is 0.565. The van der Waals surface area contributed by atoms with Crippen molar-refractivity contribution in [3.05, 3.63) is 11.6 Å². The number of nitrogens with one attached hydrogen (secondary N) is 2. The molecule has 1 heterocycles. The molecule has 126 valence electrons. The Hall–Kier alpha value is -1.03. The zero-order valence-corrected chi connectivity index (χ0v) is 14.7. The third kappa shape index (κ3) is 5.64. The lowest BCUT2D eigenvalue weighted by Gasteiger charge is -2.35. The summed E-state index contributed by atoms with van der Waals surface area (Å²) in [6.45, 7) is 7.96. The molecule has 0 aromatic rings. The van der Waals surface area contributed by atoms with E-state index >= 15 is 0 Å². The summed E-state index contributed by atoms with van der Waals surface area (Å²) in [6.07, 6.45) is 11.3. The highest BCUT2D eigenvalue weighted by Crippen LogP contribution is 2.19. The van der Waals surface area contributed by atoms with Gasteiger partial charge in [-0.25, -0.2) is 0 Å². The molecule has 1 fully saturated rings. The first-order valence-electron chi connectivity index (χ1n) is 9.08. The lowest BCUT2D eigenvalue weighted by atomic mass is 9.97. The minimum Gasteiger partial charge on any atom is -0.356 e. The third-order valence-electron chi connectivity index (χ3n) is 4.95. The number of aliphatic imine (C=N–C) groups is 1. The van der Waals surface area contributed by atoms with Crippen molar-refractivity contribution in [1.82, 2.24) is 15.5 Å². The number of piperidine rings is 1. The van der Waals surface area contributed by atoms with Gasteiger partial charge in [-0.1, -0.05) is 11.6 Å². The summed E-state index contributed by atoms with van der Waals surface area (Å²) in [7, 11) is 1.87. The van der Waals surface area contributed by atoms with Gasteiger partial charge >= 0.3 is 0 Å². The van der Waals surface area contributed by atoms with E-state index in [0.29, 0.717) is 12.1 Å². The molecule has 0 radical (unpaired) electrons.